The minimum atomic E-state index is -1.22. The van der Waals surface area contributed by atoms with Gasteiger partial charge in [-0.3, -0.25) is 0 Å². The lowest BCUT2D eigenvalue weighted by atomic mass is 10.1. The summed E-state index contributed by atoms with van der Waals surface area (Å²) in [6, 6.07) is 3.66. The van der Waals surface area contributed by atoms with Crippen LogP contribution in [0.25, 0.3) is 0 Å². The molecule has 0 aliphatic heterocycles. The number of phenols is 1. The molecule has 0 atom stereocenters. The van der Waals surface area contributed by atoms with E-state index in [1.54, 1.807) is 6.07 Å². The Morgan fingerprint density at radius 1 is 1.62 bits per heavy atom. The van der Waals surface area contributed by atoms with Crippen LogP contribution in [0.5, 0.6) is 5.75 Å². The monoisotopic (exact) mass is 224 g/mol. The molecule has 16 heavy (non-hydrogen) atoms. The van der Waals surface area contributed by atoms with Crippen molar-refractivity contribution >= 4 is 6.09 Å². The molecule has 0 unspecified atom stereocenters. The second-order valence-electron chi connectivity index (χ2n) is 3.22. The summed E-state index contributed by atoms with van der Waals surface area (Å²) in [5, 5.41) is 26.4. The van der Waals surface area contributed by atoms with Gasteiger partial charge in [-0.05, 0) is 6.07 Å². The van der Waals surface area contributed by atoms with Crippen LogP contribution in [0.15, 0.2) is 12.1 Å². The van der Waals surface area contributed by atoms with E-state index in [4.69, 9.17) is 10.4 Å². The number of benzene rings is 1. The Morgan fingerprint density at radius 2 is 2.25 bits per heavy atom. The van der Waals surface area contributed by atoms with Gasteiger partial charge in [0.15, 0.2) is 0 Å². The number of amides is 1. The predicted molar refractivity (Wildman–Crippen MR) is 52.3 cm³/mol. The highest BCUT2D eigenvalue weighted by Gasteiger charge is 2.14. The molecular formula is C10H9FN2O3. The summed E-state index contributed by atoms with van der Waals surface area (Å²) >= 11 is 0. The number of nitrogens with zero attached hydrogens (tertiary/aromatic N) is 2. The van der Waals surface area contributed by atoms with E-state index in [1.165, 1.54) is 7.05 Å². The summed E-state index contributed by atoms with van der Waals surface area (Å²) in [6.07, 6.45) is -1.22. The topological polar surface area (TPSA) is 84.6 Å². The zero-order chi connectivity index (χ0) is 12.3. The van der Waals surface area contributed by atoms with Crippen molar-refractivity contribution in [2.75, 3.05) is 7.05 Å². The number of carbonyl (C=O) groups is 1. The van der Waals surface area contributed by atoms with E-state index in [2.05, 4.69) is 0 Å². The van der Waals surface area contributed by atoms with Crippen LogP contribution in [0.2, 0.25) is 0 Å². The Labute approximate surface area is 91.0 Å². The minimum Gasteiger partial charge on any atom is -0.508 e. The maximum absolute atomic E-state index is 13.5. The first-order valence-corrected chi connectivity index (χ1v) is 4.31. The van der Waals surface area contributed by atoms with Gasteiger partial charge in [0.05, 0.1) is 12.1 Å². The van der Waals surface area contributed by atoms with Gasteiger partial charge in [0.2, 0.25) is 0 Å². The van der Waals surface area contributed by atoms with Gasteiger partial charge in [0.25, 0.3) is 0 Å². The number of phenolic OH excluding ortho intramolecular Hbond substituents is 1. The molecule has 1 aromatic rings. The van der Waals surface area contributed by atoms with Gasteiger partial charge in [-0.2, -0.15) is 5.26 Å². The molecule has 5 nitrogen and oxygen atoms in total. The van der Waals surface area contributed by atoms with Crippen LogP contribution in [0.4, 0.5) is 9.18 Å². The van der Waals surface area contributed by atoms with Crippen LogP contribution in [-0.2, 0) is 6.54 Å². The predicted octanol–water partition coefficient (Wildman–Crippen LogP) is 1.51. The van der Waals surface area contributed by atoms with Crippen LogP contribution in [-0.4, -0.2) is 28.3 Å². The molecule has 0 spiro atoms. The van der Waals surface area contributed by atoms with Gasteiger partial charge in [0.1, 0.15) is 17.6 Å². The molecular weight excluding hydrogens is 215 g/mol. The molecule has 0 bridgehead atoms. The first kappa shape index (κ1) is 11.8. The molecule has 0 radical (unpaired) electrons. The number of halogens is 1. The third-order valence-electron chi connectivity index (χ3n) is 1.99. The lowest BCUT2D eigenvalue weighted by molar-refractivity contribution is 0.153. The number of rotatable bonds is 2. The quantitative estimate of drug-likeness (QED) is 0.797. The molecule has 0 heterocycles. The van der Waals surface area contributed by atoms with Crippen LogP contribution in [0.3, 0.4) is 0 Å². The number of hydrogen-bond acceptors (Lipinski definition) is 3. The standard InChI is InChI=1S/C10H9FN2O3/c1-13(10(15)16)5-7-3-8(14)2-6(4-12)9(7)11/h2-3,14H,5H2,1H3,(H,15,16). The number of carboxylic acid groups (broad SMARTS) is 1. The Bertz CT molecular complexity index is 468. The summed E-state index contributed by atoms with van der Waals surface area (Å²) in [5.41, 5.74) is -0.352. The average molecular weight is 224 g/mol. The fourth-order valence-corrected chi connectivity index (χ4v) is 1.19. The normalized spacial score (nSPS) is 9.56. The smallest absolute Gasteiger partial charge is 0.407 e. The molecule has 0 aliphatic rings. The molecule has 0 aliphatic carbocycles. The number of hydrogen-bond donors (Lipinski definition) is 2. The summed E-state index contributed by atoms with van der Waals surface area (Å²) in [6.45, 7) is -0.232. The highest BCUT2D eigenvalue weighted by molar-refractivity contribution is 5.64. The summed E-state index contributed by atoms with van der Waals surface area (Å²) in [7, 11) is 1.26. The van der Waals surface area contributed by atoms with Crippen molar-refractivity contribution in [3.05, 3.63) is 29.1 Å². The fraction of sp³-hybridized carbons (Fsp3) is 0.200. The molecule has 0 saturated heterocycles. The number of aromatic hydroxyl groups is 1. The van der Waals surface area contributed by atoms with Gasteiger partial charge in [0, 0.05) is 18.7 Å². The average Bonchev–Trinajstić information content (AvgIpc) is 2.22. The van der Waals surface area contributed by atoms with Crippen LogP contribution >= 0.6 is 0 Å². The van der Waals surface area contributed by atoms with E-state index < -0.39 is 11.9 Å². The summed E-state index contributed by atoms with van der Waals surface area (Å²) in [5.74, 6) is -1.08. The lowest BCUT2D eigenvalue weighted by Crippen LogP contribution is -2.24. The van der Waals surface area contributed by atoms with Crippen molar-refractivity contribution in [2.24, 2.45) is 0 Å². The van der Waals surface area contributed by atoms with Crippen molar-refractivity contribution in [1.82, 2.24) is 4.90 Å². The largest absolute Gasteiger partial charge is 0.508 e. The second kappa shape index (κ2) is 4.49. The highest BCUT2D eigenvalue weighted by atomic mass is 19.1. The second-order valence-corrected chi connectivity index (χ2v) is 3.22. The Kier molecular flexibility index (Phi) is 3.30. The van der Waals surface area contributed by atoms with E-state index in [1.807, 2.05) is 0 Å². The van der Waals surface area contributed by atoms with E-state index >= 15 is 0 Å². The molecule has 1 aromatic carbocycles. The molecule has 1 rings (SSSR count). The van der Waals surface area contributed by atoms with E-state index in [0.717, 1.165) is 17.0 Å². The Morgan fingerprint density at radius 3 is 2.75 bits per heavy atom. The maximum atomic E-state index is 13.5. The molecule has 6 heteroatoms. The first-order chi connectivity index (χ1) is 7.45. The summed E-state index contributed by atoms with van der Waals surface area (Å²) in [4.78, 5) is 11.4. The highest BCUT2D eigenvalue weighted by Crippen LogP contribution is 2.21. The third kappa shape index (κ3) is 2.39. The van der Waals surface area contributed by atoms with Gasteiger partial charge in [-0.15, -0.1) is 0 Å². The van der Waals surface area contributed by atoms with Crippen molar-refractivity contribution in [3.8, 4) is 11.8 Å². The van der Waals surface area contributed by atoms with Gasteiger partial charge < -0.3 is 15.1 Å². The van der Waals surface area contributed by atoms with Crippen molar-refractivity contribution in [1.29, 1.82) is 5.26 Å². The Balaban J connectivity index is 3.10. The van der Waals surface area contributed by atoms with Crippen LogP contribution < -0.4 is 0 Å². The van der Waals surface area contributed by atoms with Gasteiger partial charge in [-0.25, -0.2) is 9.18 Å². The lowest BCUT2D eigenvalue weighted by Gasteiger charge is -2.14. The molecule has 0 aromatic heterocycles. The number of nitriles is 1. The summed E-state index contributed by atoms with van der Waals surface area (Å²) < 4.78 is 13.5. The Hall–Kier alpha value is -2.29. The van der Waals surface area contributed by atoms with E-state index in [9.17, 15) is 14.3 Å². The molecule has 0 saturated carbocycles. The minimum absolute atomic E-state index is 0.0403. The van der Waals surface area contributed by atoms with E-state index in [0.29, 0.717) is 0 Å². The molecule has 84 valence electrons. The van der Waals surface area contributed by atoms with E-state index in [-0.39, 0.29) is 23.4 Å². The maximum Gasteiger partial charge on any atom is 0.407 e. The van der Waals surface area contributed by atoms with Crippen molar-refractivity contribution < 1.29 is 19.4 Å². The van der Waals surface area contributed by atoms with Crippen molar-refractivity contribution in [2.45, 2.75) is 6.54 Å². The van der Waals surface area contributed by atoms with Crippen LogP contribution in [0.1, 0.15) is 11.1 Å². The SMILES string of the molecule is CN(Cc1cc(O)cc(C#N)c1F)C(=O)O. The van der Waals surface area contributed by atoms with Gasteiger partial charge in [-0.1, -0.05) is 0 Å². The molecule has 1 amide bonds. The molecule has 0 fully saturated rings. The van der Waals surface area contributed by atoms with Crippen LogP contribution in [0, 0.1) is 17.1 Å². The first-order valence-electron chi connectivity index (χ1n) is 4.31. The van der Waals surface area contributed by atoms with Gasteiger partial charge >= 0.3 is 6.09 Å². The zero-order valence-electron chi connectivity index (χ0n) is 8.44. The molecule has 2 N–H and O–H groups in total. The van der Waals surface area contributed by atoms with Crippen molar-refractivity contribution in [3.63, 3.8) is 0 Å². The third-order valence-corrected chi connectivity index (χ3v) is 1.99. The fourth-order valence-electron chi connectivity index (χ4n) is 1.19. The zero-order valence-corrected chi connectivity index (χ0v) is 8.44.